The molecule has 0 aromatic carbocycles. The van der Waals surface area contributed by atoms with E-state index in [2.05, 4.69) is 9.84 Å². The summed E-state index contributed by atoms with van der Waals surface area (Å²) >= 11 is 0. The van der Waals surface area contributed by atoms with E-state index in [4.69, 9.17) is 0 Å². The number of methoxy groups -OCH3 is 1. The first-order valence-electron chi connectivity index (χ1n) is 4.40. The summed E-state index contributed by atoms with van der Waals surface area (Å²) in [6, 6.07) is 2.90. The van der Waals surface area contributed by atoms with Crippen molar-refractivity contribution in [2.45, 2.75) is 18.9 Å². The van der Waals surface area contributed by atoms with Gasteiger partial charge in [0.2, 0.25) is 0 Å². The van der Waals surface area contributed by atoms with Crippen LogP contribution in [0.5, 0.6) is 0 Å². The van der Waals surface area contributed by atoms with Crippen LogP contribution in [-0.2, 0) is 4.74 Å². The number of aromatic nitrogens is 2. The molecular weight excluding hydrogens is 184 g/mol. The number of rotatable bonds is 2. The van der Waals surface area contributed by atoms with Crippen LogP contribution in [0.15, 0.2) is 16.9 Å². The summed E-state index contributed by atoms with van der Waals surface area (Å²) in [4.78, 5) is 22.4. The largest absolute Gasteiger partial charge is 0.464 e. The SMILES string of the molecule is COC(=O)c1ccc(=O)n(C2CC2)n1. The molecule has 0 amide bonds. The summed E-state index contributed by atoms with van der Waals surface area (Å²) in [5.41, 5.74) is 0.0131. The van der Waals surface area contributed by atoms with E-state index in [1.165, 1.54) is 23.9 Å². The van der Waals surface area contributed by atoms with E-state index in [1.807, 2.05) is 0 Å². The Morgan fingerprint density at radius 3 is 2.86 bits per heavy atom. The Morgan fingerprint density at radius 2 is 2.29 bits per heavy atom. The maximum atomic E-state index is 11.3. The highest BCUT2D eigenvalue weighted by Gasteiger charge is 2.26. The maximum absolute atomic E-state index is 11.3. The smallest absolute Gasteiger partial charge is 0.358 e. The second kappa shape index (κ2) is 3.25. The predicted octanol–water partition coefficient (Wildman–Crippen LogP) is 0.365. The topological polar surface area (TPSA) is 61.2 Å². The van der Waals surface area contributed by atoms with E-state index in [0.29, 0.717) is 0 Å². The van der Waals surface area contributed by atoms with Gasteiger partial charge in [-0.2, -0.15) is 5.10 Å². The molecule has 1 saturated carbocycles. The van der Waals surface area contributed by atoms with E-state index < -0.39 is 5.97 Å². The zero-order valence-corrected chi connectivity index (χ0v) is 7.77. The molecule has 0 saturated heterocycles. The molecule has 0 radical (unpaired) electrons. The van der Waals surface area contributed by atoms with Crippen molar-refractivity contribution in [2.75, 3.05) is 7.11 Å². The second-order valence-corrected chi connectivity index (χ2v) is 3.22. The highest BCUT2D eigenvalue weighted by Crippen LogP contribution is 2.32. The van der Waals surface area contributed by atoms with Gasteiger partial charge >= 0.3 is 5.97 Å². The zero-order valence-electron chi connectivity index (χ0n) is 7.77. The third-order valence-corrected chi connectivity index (χ3v) is 2.11. The van der Waals surface area contributed by atoms with E-state index in [0.717, 1.165) is 12.8 Å². The molecule has 1 aliphatic rings. The Labute approximate surface area is 80.3 Å². The van der Waals surface area contributed by atoms with Crippen molar-refractivity contribution in [1.29, 1.82) is 0 Å². The molecule has 1 fully saturated rings. The van der Waals surface area contributed by atoms with Crippen molar-refractivity contribution in [1.82, 2.24) is 9.78 Å². The van der Waals surface area contributed by atoms with Gasteiger partial charge in [-0.25, -0.2) is 9.48 Å². The number of hydrogen-bond acceptors (Lipinski definition) is 4. The third-order valence-electron chi connectivity index (χ3n) is 2.11. The standard InChI is InChI=1S/C9H10N2O3/c1-14-9(13)7-4-5-8(12)11(10-7)6-2-3-6/h4-6H,2-3H2,1H3. The summed E-state index contributed by atoms with van der Waals surface area (Å²) in [7, 11) is 1.29. The predicted molar refractivity (Wildman–Crippen MR) is 48.1 cm³/mol. The van der Waals surface area contributed by atoms with Crippen LogP contribution in [0.25, 0.3) is 0 Å². The number of nitrogens with zero attached hydrogens (tertiary/aromatic N) is 2. The highest BCUT2D eigenvalue weighted by molar-refractivity contribution is 5.86. The van der Waals surface area contributed by atoms with Gasteiger partial charge in [0, 0.05) is 6.07 Å². The average molecular weight is 194 g/mol. The molecule has 74 valence electrons. The fraction of sp³-hybridized carbons (Fsp3) is 0.444. The fourth-order valence-corrected chi connectivity index (χ4v) is 1.22. The molecular formula is C9H10N2O3. The lowest BCUT2D eigenvalue weighted by Crippen LogP contribution is -2.23. The lowest BCUT2D eigenvalue weighted by Gasteiger charge is -2.03. The lowest BCUT2D eigenvalue weighted by molar-refractivity contribution is 0.0591. The van der Waals surface area contributed by atoms with Gasteiger partial charge < -0.3 is 4.74 Å². The second-order valence-electron chi connectivity index (χ2n) is 3.22. The molecule has 0 aliphatic heterocycles. The van der Waals surface area contributed by atoms with Gasteiger partial charge in [-0.15, -0.1) is 0 Å². The summed E-state index contributed by atoms with van der Waals surface area (Å²) in [6.45, 7) is 0. The number of carbonyl (C=O) groups excluding carboxylic acids is 1. The highest BCUT2D eigenvalue weighted by atomic mass is 16.5. The normalized spacial score (nSPS) is 15.2. The van der Waals surface area contributed by atoms with Crippen molar-refractivity contribution >= 4 is 5.97 Å². The van der Waals surface area contributed by atoms with Crippen molar-refractivity contribution in [2.24, 2.45) is 0 Å². The number of esters is 1. The molecule has 5 nitrogen and oxygen atoms in total. The summed E-state index contributed by atoms with van der Waals surface area (Å²) in [5.74, 6) is -0.514. The first-order valence-corrected chi connectivity index (χ1v) is 4.40. The van der Waals surface area contributed by atoms with E-state index in [9.17, 15) is 9.59 Å². The quantitative estimate of drug-likeness (QED) is 0.638. The molecule has 14 heavy (non-hydrogen) atoms. The lowest BCUT2D eigenvalue weighted by atomic mass is 10.4. The van der Waals surface area contributed by atoms with E-state index in [1.54, 1.807) is 0 Å². The Morgan fingerprint density at radius 1 is 1.57 bits per heavy atom. The Hall–Kier alpha value is -1.65. The number of carbonyl (C=O) groups is 1. The first kappa shape index (κ1) is 8.93. The minimum atomic E-state index is -0.514. The molecule has 0 bridgehead atoms. The molecule has 1 aromatic rings. The molecule has 1 aliphatic carbocycles. The van der Waals surface area contributed by atoms with Crippen LogP contribution in [0.4, 0.5) is 0 Å². The van der Waals surface area contributed by atoms with Crippen LogP contribution in [-0.4, -0.2) is 22.9 Å². The van der Waals surface area contributed by atoms with Crippen molar-refractivity contribution in [3.05, 3.63) is 28.2 Å². The monoisotopic (exact) mass is 194 g/mol. The number of ether oxygens (including phenoxy) is 1. The minimum Gasteiger partial charge on any atom is -0.464 e. The minimum absolute atomic E-state index is 0.167. The van der Waals surface area contributed by atoms with Gasteiger partial charge in [0.15, 0.2) is 5.69 Å². The molecule has 0 unspecified atom stereocenters. The Balaban J connectivity index is 2.40. The molecule has 0 spiro atoms. The number of hydrogen-bond donors (Lipinski definition) is 0. The van der Waals surface area contributed by atoms with Crippen molar-refractivity contribution in [3.63, 3.8) is 0 Å². The Bertz CT molecular complexity index is 420. The zero-order chi connectivity index (χ0) is 10.1. The van der Waals surface area contributed by atoms with Gasteiger partial charge in [-0.3, -0.25) is 4.79 Å². The summed E-state index contributed by atoms with van der Waals surface area (Å²) in [5, 5.41) is 3.93. The molecule has 0 N–H and O–H groups in total. The van der Waals surface area contributed by atoms with Gasteiger partial charge in [0.05, 0.1) is 13.2 Å². The molecule has 1 heterocycles. The average Bonchev–Trinajstić information content (AvgIpc) is 3.01. The summed E-state index contributed by atoms with van der Waals surface area (Å²) in [6.07, 6.45) is 1.91. The fourth-order valence-electron chi connectivity index (χ4n) is 1.22. The van der Waals surface area contributed by atoms with Crippen LogP contribution in [0, 0.1) is 0 Å². The van der Waals surface area contributed by atoms with Gasteiger partial charge in [-0.1, -0.05) is 0 Å². The van der Waals surface area contributed by atoms with Gasteiger partial charge in [-0.05, 0) is 18.9 Å². The molecule has 1 aromatic heterocycles. The van der Waals surface area contributed by atoms with Crippen LogP contribution in [0.3, 0.4) is 0 Å². The van der Waals surface area contributed by atoms with Gasteiger partial charge in [0.25, 0.3) is 5.56 Å². The van der Waals surface area contributed by atoms with Crippen LogP contribution >= 0.6 is 0 Å². The Kier molecular flexibility index (Phi) is 2.07. The van der Waals surface area contributed by atoms with Crippen LogP contribution < -0.4 is 5.56 Å². The summed E-state index contributed by atoms with van der Waals surface area (Å²) < 4.78 is 5.87. The maximum Gasteiger partial charge on any atom is 0.358 e. The van der Waals surface area contributed by atoms with Crippen LogP contribution in [0.2, 0.25) is 0 Å². The van der Waals surface area contributed by atoms with E-state index >= 15 is 0 Å². The van der Waals surface area contributed by atoms with E-state index in [-0.39, 0.29) is 17.3 Å². The van der Waals surface area contributed by atoms with Crippen molar-refractivity contribution < 1.29 is 9.53 Å². The third kappa shape index (κ3) is 1.53. The first-order chi connectivity index (χ1) is 6.72. The van der Waals surface area contributed by atoms with Gasteiger partial charge in [0.1, 0.15) is 0 Å². The molecule has 2 rings (SSSR count). The molecule has 0 atom stereocenters. The van der Waals surface area contributed by atoms with Crippen LogP contribution in [0.1, 0.15) is 29.4 Å². The van der Waals surface area contributed by atoms with Crippen molar-refractivity contribution in [3.8, 4) is 0 Å². The molecule has 5 heteroatoms.